The summed E-state index contributed by atoms with van der Waals surface area (Å²) in [6.07, 6.45) is 2.05. The zero-order chi connectivity index (χ0) is 15.8. The number of hydrogen-bond acceptors (Lipinski definition) is 4. The van der Waals surface area contributed by atoms with Gasteiger partial charge in [-0.05, 0) is 53.0 Å². The maximum Gasteiger partial charge on any atom is 0.408 e. The van der Waals surface area contributed by atoms with Gasteiger partial charge in [-0.15, -0.1) is 0 Å². The van der Waals surface area contributed by atoms with Crippen LogP contribution in [0.15, 0.2) is 0 Å². The van der Waals surface area contributed by atoms with E-state index in [0.29, 0.717) is 19.5 Å². The Labute approximate surface area is 126 Å². The number of thioether (sulfide) groups is 1. The van der Waals surface area contributed by atoms with Crippen LogP contribution in [-0.2, 0) is 9.53 Å². The molecule has 1 unspecified atom stereocenters. The Kier molecular flexibility index (Phi) is 8.69. The van der Waals surface area contributed by atoms with Crippen molar-refractivity contribution in [2.45, 2.75) is 52.7 Å². The molecule has 0 aliphatic carbocycles. The molecule has 0 rings (SSSR count). The number of alkyl carbamates (subject to hydrolysis) is 1. The van der Waals surface area contributed by atoms with Crippen LogP contribution in [0.3, 0.4) is 0 Å². The number of rotatable bonds is 7. The predicted molar refractivity (Wildman–Crippen MR) is 84.1 cm³/mol. The molecule has 0 aliphatic rings. The van der Waals surface area contributed by atoms with Gasteiger partial charge in [0.15, 0.2) is 0 Å². The molecule has 0 aromatic rings. The van der Waals surface area contributed by atoms with Gasteiger partial charge in [-0.1, -0.05) is 0 Å². The molecule has 0 radical (unpaired) electrons. The largest absolute Gasteiger partial charge is 0.444 e. The fourth-order valence-corrected chi connectivity index (χ4v) is 2.17. The van der Waals surface area contributed by atoms with Gasteiger partial charge in [0, 0.05) is 13.1 Å². The molecule has 2 amide bonds. The summed E-state index contributed by atoms with van der Waals surface area (Å²) in [6, 6.07) is -0.516. The van der Waals surface area contributed by atoms with Crippen molar-refractivity contribution >= 4 is 23.8 Å². The summed E-state index contributed by atoms with van der Waals surface area (Å²) < 4.78 is 5.22. The van der Waals surface area contributed by atoms with E-state index < -0.39 is 17.7 Å². The number of nitrogens with zero attached hydrogens (tertiary/aromatic N) is 1. The van der Waals surface area contributed by atoms with Crippen LogP contribution in [0, 0.1) is 0 Å². The molecule has 0 aromatic heterocycles. The highest BCUT2D eigenvalue weighted by Crippen LogP contribution is 2.09. The summed E-state index contributed by atoms with van der Waals surface area (Å²) in [5.74, 6) is 0.767. The molecule has 0 heterocycles. The number of nitrogens with one attached hydrogen (secondary N) is 1. The molecule has 1 N–H and O–H groups in total. The lowest BCUT2D eigenvalue weighted by molar-refractivity contribution is -0.133. The predicted octanol–water partition coefficient (Wildman–Crippen LogP) is 2.50. The van der Waals surface area contributed by atoms with Gasteiger partial charge < -0.3 is 15.0 Å². The average molecular weight is 304 g/mol. The van der Waals surface area contributed by atoms with Crippen LogP contribution in [-0.4, -0.2) is 53.6 Å². The van der Waals surface area contributed by atoms with Crippen LogP contribution >= 0.6 is 11.8 Å². The third kappa shape index (κ3) is 7.62. The lowest BCUT2D eigenvalue weighted by Gasteiger charge is -2.27. The molecular formula is C14H28N2O3S. The molecule has 0 saturated heterocycles. The van der Waals surface area contributed by atoms with Crippen molar-refractivity contribution in [3.8, 4) is 0 Å². The normalized spacial score (nSPS) is 12.7. The second-order valence-electron chi connectivity index (χ2n) is 5.49. The molecular weight excluding hydrogens is 276 g/mol. The van der Waals surface area contributed by atoms with Gasteiger partial charge in [-0.3, -0.25) is 4.79 Å². The Balaban J connectivity index is 4.71. The lowest BCUT2D eigenvalue weighted by atomic mass is 10.2. The smallest absolute Gasteiger partial charge is 0.408 e. The van der Waals surface area contributed by atoms with Crippen molar-refractivity contribution in [1.82, 2.24) is 10.2 Å². The van der Waals surface area contributed by atoms with E-state index in [2.05, 4.69) is 5.32 Å². The van der Waals surface area contributed by atoms with Crippen molar-refractivity contribution in [1.29, 1.82) is 0 Å². The van der Waals surface area contributed by atoms with Gasteiger partial charge in [-0.2, -0.15) is 11.8 Å². The molecule has 5 nitrogen and oxygen atoms in total. The van der Waals surface area contributed by atoms with Gasteiger partial charge in [0.05, 0.1) is 0 Å². The number of ether oxygens (including phenoxy) is 1. The minimum atomic E-state index is -0.563. The summed E-state index contributed by atoms with van der Waals surface area (Å²) in [7, 11) is 0. The highest BCUT2D eigenvalue weighted by molar-refractivity contribution is 7.98. The second-order valence-corrected chi connectivity index (χ2v) is 6.48. The fraction of sp³-hybridized carbons (Fsp3) is 0.857. The summed E-state index contributed by atoms with van der Waals surface area (Å²) in [4.78, 5) is 25.9. The van der Waals surface area contributed by atoms with Gasteiger partial charge in [-0.25, -0.2) is 4.79 Å². The summed E-state index contributed by atoms with van der Waals surface area (Å²) in [6.45, 7) is 10.5. The van der Waals surface area contributed by atoms with Gasteiger partial charge in [0.1, 0.15) is 11.6 Å². The number of amides is 2. The average Bonchev–Trinajstić information content (AvgIpc) is 2.33. The Morgan fingerprint density at radius 2 is 1.80 bits per heavy atom. The van der Waals surface area contributed by atoms with Gasteiger partial charge in [0.25, 0.3) is 0 Å². The first-order chi connectivity index (χ1) is 9.25. The number of carbonyl (C=O) groups excluding carboxylic acids is 2. The first kappa shape index (κ1) is 19.1. The molecule has 0 saturated carbocycles. The van der Waals surface area contributed by atoms with E-state index in [1.165, 1.54) is 0 Å². The fourth-order valence-electron chi connectivity index (χ4n) is 1.70. The quantitative estimate of drug-likeness (QED) is 0.785. The van der Waals surface area contributed by atoms with E-state index in [-0.39, 0.29) is 5.91 Å². The van der Waals surface area contributed by atoms with Crippen LogP contribution in [0.2, 0.25) is 0 Å². The van der Waals surface area contributed by atoms with Crippen LogP contribution < -0.4 is 5.32 Å². The van der Waals surface area contributed by atoms with Crippen molar-refractivity contribution in [2.24, 2.45) is 0 Å². The third-order valence-electron chi connectivity index (χ3n) is 2.67. The maximum atomic E-state index is 12.4. The number of likely N-dealkylation sites (N-methyl/N-ethyl adjacent to an activating group) is 1. The monoisotopic (exact) mass is 304 g/mol. The molecule has 0 fully saturated rings. The van der Waals surface area contributed by atoms with E-state index in [9.17, 15) is 9.59 Å². The van der Waals surface area contributed by atoms with Crippen molar-refractivity contribution < 1.29 is 14.3 Å². The van der Waals surface area contributed by atoms with E-state index in [1.807, 2.05) is 20.1 Å². The molecule has 1 atom stereocenters. The summed E-state index contributed by atoms with van der Waals surface area (Å²) in [5, 5.41) is 2.69. The third-order valence-corrected chi connectivity index (χ3v) is 3.32. The Hall–Kier alpha value is -0.910. The van der Waals surface area contributed by atoms with Crippen molar-refractivity contribution in [3.63, 3.8) is 0 Å². The number of carbonyl (C=O) groups is 2. The van der Waals surface area contributed by atoms with E-state index >= 15 is 0 Å². The minimum Gasteiger partial charge on any atom is -0.444 e. The van der Waals surface area contributed by atoms with Crippen LogP contribution in [0.5, 0.6) is 0 Å². The topological polar surface area (TPSA) is 58.6 Å². The summed E-state index contributed by atoms with van der Waals surface area (Å²) >= 11 is 1.65. The van der Waals surface area contributed by atoms with E-state index in [4.69, 9.17) is 4.74 Å². The molecule has 118 valence electrons. The molecule has 0 aromatic carbocycles. The SMILES string of the molecule is CCN(CC)C(=O)C(CCSC)NC(=O)OC(C)(C)C. The first-order valence-corrected chi connectivity index (χ1v) is 8.41. The van der Waals surface area contributed by atoms with Crippen LogP contribution in [0.4, 0.5) is 4.79 Å². The Bertz CT molecular complexity index is 312. The Morgan fingerprint density at radius 1 is 1.25 bits per heavy atom. The molecule has 0 aliphatic heterocycles. The molecule has 20 heavy (non-hydrogen) atoms. The standard InChI is InChI=1S/C14H28N2O3S/c1-7-16(8-2)12(17)11(9-10-20-6)15-13(18)19-14(3,4)5/h11H,7-10H2,1-6H3,(H,15,18). The van der Waals surface area contributed by atoms with Crippen LogP contribution in [0.1, 0.15) is 41.0 Å². The first-order valence-electron chi connectivity index (χ1n) is 7.02. The van der Waals surface area contributed by atoms with E-state index in [1.54, 1.807) is 37.4 Å². The zero-order valence-corrected chi connectivity index (χ0v) is 14.3. The summed E-state index contributed by atoms with van der Waals surface area (Å²) in [5.41, 5.74) is -0.563. The van der Waals surface area contributed by atoms with Gasteiger partial charge in [0.2, 0.25) is 5.91 Å². The molecule has 0 bridgehead atoms. The maximum absolute atomic E-state index is 12.4. The van der Waals surface area contributed by atoms with Crippen molar-refractivity contribution in [2.75, 3.05) is 25.1 Å². The highest BCUT2D eigenvalue weighted by Gasteiger charge is 2.26. The van der Waals surface area contributed by atoms with Crippen LogP contribution in [0.25, 0.3) is 0 Å². The van der Waals surface area contributed by atoms with E-state index in [0.717, 1.165) is 5.75 Å². The molecule has 6 heteroatoms. The van der Waals surface area contributed by atoms with Crippen molar-refractivity contribution in [3.05, 3.63) is 0 Å². The number of hydrogen-bond donors (Lipinski definition) is 1. The minimum absolute atomic E-state index is 0.0464. The lowest BCUT2D eigenvalue weighted by Crippen LogP contribution is -2.49. The highest BCUT2D eigenvalue weighted by atomic mass is 32.2. The second kappa shape index (κ2) is 9.10. The van der Waals surface area contributed by atoms with Gasteiger partial charge >= 0.3 is 6.09 Å². The zero-order valence-electron chi connectivity index (χ0n) is 13.5. The Morgan fingerprint density at radius 3 is 2.20 bits per heavy atom. The molecule has 0 spiro atoms.